The molecule has 2 heterocycles. The number of carbonyl (C=O) groups excluding carboxylic acids is 1. The van der Waals surface area contributed by atoms with Gasteiger partial charge in [-0.3, -0.25) is 9.78 Å². The zero-order chi connectivity index (χ0) is 21.1. The number of aromatic nitrogens is 1. The fourth-order valence-electron chi connectivity index (χ4n) is 4.28. The van der Waals surface area contributed by atoms with Gasteiger partial charge in [0.1, 0.15) is 5.75 Å². The molecular formula is C25H28N2O3. The summed E-state index contributed by atoms with van der Waals surface area (Å²) in [5, 5.41) is 4.11. The first-order valence-electron chi connectivity index (χ1n) is 10.4. The smallest absolute Gasteiger partial charge is 0.252 e. The Hall–Kier alpha value is -2.92. The van der Waals surface area contributed by atoms with Gasteiger partial charge in [-0.15, -0.1) is 0 Å². The van der Waals surface area contributed by atoms with Crippen LogP contribution in [0.3, 0.4) is 0 Å². The van der Waals surface area contributed by atoms with Crippen molar-refractivity contribution in [3.8, 4) is 5.75 Å². The Morgan fingerprint density at radius 3 is 2.53 bits per heavy atom. The van der Waals surface area contributed by atoms with Crippen molar-refractivity contribution in [3.63, 3.8) is 0 Å². The number of ether oxygens (including phenoxy) is 2. The van der Waals surface area contributed by atoms with Crippen molar-refractivity contribution in [2.24, 2.45) is 0 Å². The van der Waals surface area contributed by atoms with Gasteiger partial charge in [0.2, 0.25) is 0 Å². The van der Waals surface area contributed by atoms with Gasteiger partial charge in [0.25, 0.3) is 5.91 Å². The summed E-state index contributed by atoms with van der Waals surface area (Å²) in [6.07, 6.45) is 1.74. The van der Waals surface area contributed by atoms with Crippen LogP contribution in [0, 0.1) is 13.8 Å². The molecule has 1 aliphatic rings. The van der Waals surface area contributed by atoms with Crippen LogP contribution in [-0.4, -0.2) is 37.8 Å². The van der Waals surface area contributed by atoms with E-state index in [2.05, 4.69) is 22.4 Å². The average Bonchev–Trinajstić information content (AvgIpc) is 2.78. The van der Waals surface area contributed by atoms with E-state index in [-0.39, 0.29) is 11.3 Å². The molecule has 0 saturated carbocycles. The minimum absolute atomic E-state index is 0.0597. The molecule has 0 radical (unpaired) electrons. The fourth-order valence-corrected chi connectivity index (χ4v) is 4.28. The number of fused-ring (bicyclic) bond motifs is 1. The van der Waals surface area contributed by atoms with E-state index in [9.17, 15) is 4.79 Å². The number of aryl methyl sites for hydroxylation is 2. The lowest BCUT2D eigenvalue weighted by molar-refractivity contribution is 0.0487. The van der Waals surface area contributed by atoms with E-state index in [1.807, 2.05) is 50.2 Å². The van der Waals surface area contributed by atoms with Gasteiger partial charge in [-0.2, -0.15) is 0 Å². The molecule has 0 spiro atoms. The maximum absolute atomic E-state index is 13.2. The Morgan fingerprint density at radius 1 is 1.10 bits per heavy atom. The molecular weight excluding hydrogens is 376 g/mol. The first-order valence-corrected chi connectivity index (χ1v) is 10.4. The molecule has 4 rings (SSSR count). The summed E-state index contributed by atoms with van der Waals surface area (Å²) in [6, 6.07) is 16.1. The molecule has 0 aliphatic carbocycles. The van der Waals surface area contributed by atoms with Crippen LogP contribution in [0.4, 0.5) is 0 Å². The zero-order valence-corrected chi connectivity index (χ0v) is 17.8. The lowest BCUT2D eigenvalue weighted by Gasteiger charge is -2.38. The number of methoxy groups -OCH3 is 1. The van der Waals surface area contributed by atoms with Gasteiger partial charge in [0.05, 0.1) is 18.2 Å². The molecule has 1 aromatic heterocycles. The molecule has 5 heteroatoms. The van der Waals surface area contributed by atoms with E-state index in [1.165, 1.54) is 5.56 Å². The van der Waals surface area contributed by atoms with Gasteiger partial charge >= 0.3 is 0 Å². The maximum atomic E-state index is 13.2. The topological polar surface area (TPSA) is 60.5 Å². The molecule has 0 atom stereocenters. The van der Waals surface area contributed by atoms with E-state index in [0.717, 1.165) is 40.8 Å². The van der Waals surface area contributed by atoms with Crippen molar-refractivity contribution in [1.29, 1.82) is 0 Å². The van der Waals surface area contributed by atoms with E-state index >= 15 is 0 Å². The van der Waals surface area contributed by atoms with Gasteiger partial charge < -0.3 is 14.8 Å². The van der Waals surface area contributed by atoms with Crippen molar-refractivity contribution in [3.05, 3.63) is 70.9 Å². The minimum atomic E-state index is -0.145. The van der Waals surface area contributed by atoms with Gasteiger partial charge in [-0.05, 0) is 62.6 Å². The highest BCUT2D eigenvalue weighted by Gasteiger charge is 2.35. The normalized spacial score (nSPS) is 15.7. The van der Waals surface area contributed by atoms with Crippen LogP contribution in [0.15, 0.2) is 48.5 Å². The predicted octanol–water partition coefficient (Wildman–Crippen LogP) is 4.34. The molecule has 3 aromatic rings. The maximum Gasteiger partial charge on any atom is 0.252 e. The number of pyridine rings is 1. The molecule has 2 aromatic carbocycles. The lowest BCUT2D eigenvalue weighted by Crippen LogP contribution is -2.44. The largest absolute Gasteiger partial charge is 0.497 e. The number of nitrogens with zero attached hydrogens (tertiary/aromatic N) is 1. The highest BCUT2D eigenvalue weighted by molar-refractivity contribution is 6.06. The first-order chi connectivity index (χ1) is 14.5. The molecule has 0 bridgehead atoms. The second kappa shape index (κ2) is 8.44. The number of hydrogen-bond acceptors (Lipinski definition) is 4. The molecule has 1 N–H and O–H groups in total. The Labute approximate surface area is 177 Å². The minimum Gasteiger partial charge on any atom is -0.497 e. The highest BCUT2D eigenvalue weighted by atomic mass is 16.5. The summed E-state index contributed by atoms with van der Waals surface area (Å²) in [5.74, 6) is 0.773. The van der Waals surface area contributed by atoms with Crippen molar-refractivity contribution in [1.82, 2.24) is 10.3 Å². The highest BCUT2D eigenvalue weighted by Crippen LogP contribution is 2.35. The van der Waals surface area contributed by atoms with Crippen molar-refractivity contribution >= 4 is 16.8 Å². The third kappa shape index (κ3) is 4.03. The van der Waals surface area contributed by atoms with Crippen LogP contribution in [-0.2, 0) is 10.2 Å². The zero-order valence-electron chi connectivity index (χ0n) is 17.8. The van der Waals surface area contributed by atoms with E-state index in [1.54, 1.807) is 7.11 Å². The lowest BCUT2D eigenvalue weighted by atomic mass is 9.74. The van der Waals surface area contributed by atoms with E-state index in [4.69, 9.17) is 9.47 Å². The van der Waals surface area contributed by atoms with Gasteiger partial charge in [-0.1, -0.05) is 23.8 Å². The molecule has 5 nitrogen and oxygen atoms in total. The molecule has 1 fully saturated rings. The Balaban J connectivity index is 1.62. The molecule has 1 amide bonds. The fraction of sp³-hybridized carbons (Fsp3) is 0.360. The van der Waals surface area contributed by atoms with Gasteiger partial charge in [-0.25, -0.2) is 0 Å². The third-order valence-electron chi connectivity index (χ3n) is 6.08. The van der Waals surface area contributed by atoms with Crippen molar-refractivity contribution in [2.75, 3.05) is 26.9 Å². The Kier molecular flexibility index (Phi) is 5.73. The van der Waals surface area contributed by atoms with Gasteiger partial charge in [0, 0.05) is 36.3 Å². The summed E-state index contributed by atoms with van der Waals surface area (Å²) in [6.45, 7) is 5.90. The molecule has 156 valence electrons. The second-order valence-electron chi connectivity index (χ2n) is 8.14. The molecule has 30 heavy (non-hydrogen) atoms. The van der Waals surface area contributed by atoms with E-state index in [0.29, 0.717) is 25.3 Å². The number of benzene rings is 2. The first kappa shape index (κ1) is 20.4. The molecule has 1 aliphatic heterocycles. The number of hydrogen-bond donors (Lipinski definition) is 1. The Morgan fingerprint density at radius 2 is 1.83 bits per heavy atom. The second-order valence-corrected chi connectivity index (χ2v) is 8.14. The van der Waals surface area contributed by atoms with Crippen LogP contribution >= 0.6 is 0 Å². The quantitative estimate of drug-likeness (QED) is 0.687. The Bertz CT molecular complexity index is 1050. The number of amides is 1. The SMILES string of the molecule is COc1ccc(C2(CNC(=O)c3cc(C)nc4ccc(C)cc34)CCOCC2)cc1. The van der Waals surface area contributed by atoms with Crippen LogP contribution in [0.25, 0.3) is 10.9 Å². The summed E-state index contributed by atoms with van der Waals surface area (Å²) < 4.78 is 10.9. The van der Waals surface area contributed by atoms with Crippen LogP contribution < -0.4 is 10.1 Å². The van der Waals surface area contributed by atoms with Crippen LogP contribution in [0.1, 0.15) is 40.0 Å². The number of carbonyl (C=O) groups is 1. The molecule has 1 saturated heterocycles. The summed E-state index contributed by atoms with van der Waals surface area (Å²) >= 11 is 0. The summed E-state index contributed by atoms with van der Waals surface area (Å²) in [5.41, 5.74) is 4.54. The number of rotatable bonds is 5. The van der Waals surface area contributed by atoms with Crippen molar-refractivity contribution in [2.45, 2.75) is 32.1 Å². The third-order valence-corrected chi connectivity index (χ3v) is 6.08. The van der Waals surface area contributed by atoms with Crippen molar-refractivity contribution < 1.29 is 14.3 Å². The predicted molar refractivity (Wildman–Crippen MR) is 118 cm³/mol. The summed E-state index contributed by atoms with van der Waals surface area (Å²) in [4.78, 5) is 17.8. The standard InChI is InChI=1S/C25H28N2O3/c1-17-4-9-23-21(14-17)22(15-18(2)27-23)24(28)26-16-25(10-12-30-13-11-25)19-5-7-20(29-3)8-6-19/h4-9,14-15H,10-13,16H2,1-3H3,(H,26,28). The number of nitrogens with one attached hydrogen (secondary N) is 1. The molecule has 0 unspecified atom stereocenters. The van der Waals surface area contributed by atoms with E-state index < -0.39 is 0 Å². The van der Waals surface area contributed by atoms with Crippen LogP contribution in [0.5, 0.6) is 5.75 Å². The monoisotopic (exact) mass is 404 g/mol. The summed E-state index contributed by atoms with van der Waals surface area (Å²) in [7, 11) is 1.67. The van der Waals surface area contributed by atoms with Gasteiger partial charge in [0.15, 0.2) is 0 Å². The van der Waals surface area contributed by atoms with Crippen LogP contribution in [0.2, 0.25) is 0 Å². The average molecular weight is 405 g/mol.